The van der Waals surface area contributed by atoms with E-state index in [1.807, 2.05) is 23.1 Å². The van der Waals surface area contributed by atoms with Gasteiger partial charge >= 0.3 is 0 Å². The van der Waals surface area contributed by atoms with E-state index in [1.54, 1.807) is 41.3 Å². The number of amides is 1. The molecule has 2 aliphatic heterocycles. The molecule has 0 atom stereocenters. The van der Waals surface area contributed by atoms with Gasteiger partial charge in [-0.2, -0.15) is 0 Å². The van der Waals surface area contributed by atoms with Crippen LogP contribution in [0.2, 0.25) is 5.02 Å². The SMILES string of the molecule is O=C(c1ccc(-c2cccc(Cl)c2)o1)N1CCN(c2ccc([N+](=O)[O-])c(N3CCOCC3)c2)CC1. The number of hydrogen-bond acceptors (Lipinski definition) is 7. The highest BCUT2D eigenvalue weighted by molar-refractivity contribution is 6.30. The number of piperazine rings is 1. The largest absolute Gasteiger partial charge is 0.451 e. The molecular formula is C25H25ClN4O5. The van der Waals surface area contributed by atoms with Crippen LogP contribution in [0.1, 0.15) is 10.6 Å². The van der Waals surface area contributed by atoms with Crippen LogP contribution < -0.4 is 9.80 Å². The standard InChI is InChI=1S/C25H25ClN4O5/c26-19-3-1-2-18(16-19)23-6-7-24(35-23)25(31)29-10-8-27(9-11-29)20-4-5-21(30(32)33)22(17-20)28-12-14-34-15-13-28/h1-7,16-17H,8-15H2. The van der Waals surface area contributed by atoms with Crippen LogP contribution in [-0.4, -0.2) is 68.2 Å². The summed E-state index contributed by atoms with van der Waals surface area (Å²) in [7, 11) is 0. The van der Waals surface area contributed by atoms with E-state index >= 15 is 0 Å². The number of hydrogen-bond donors (Lipinski definition) is 0. The van der Waals surface area contributed by atoms with E-state index in [9.17, 15) is 14.9 Å². The van der Waals surface area contributed by atoms with E-state index in [2.05, 4.69) is 4.90 Å². The Hall–Kier alpha value is -3.56. The molecule has 2 saturated heterocycles. The van der Waals surface area contributed by atoms with E-state index in [0.29, 0.717) is 74.7 Å². The second-order valence-corrected chi connectivity index (χ2v) is 8.92. The molecule has 0 N–H and O–H groups in total. The monoisotopic (exact) mass is 496 g/mol. The van der Waals surface area contributed by atoms with Crippen molar-refractivity contribution in [2.24, 2.45) is 0 Å². The first-order valence-corrected chi connectivity index (χ1v) is 11.9. The third-order valence-electron chi connectivity index (χ3n) is 6.37. The van der Waals surface area contributed by atoms with Crippen molar-refractivity contribution in [2.45, 2.75) is 0 Å². The quantitative estimate of drug-likeness (QED) is 0.384. The van der Waals surface area contributed by atoms with Crippen LogP contribution in [0.25, 0.3) is 11.3 Å². The number of carbonyl (C=O) groups excluding carboxylic acids is 1. The van der Waals surface area contributed by atoms with Gasteiger partial charge in [-0.05, 0) is 36.4 Å². The molecule has 0 bridgehead atoms. The van der Waals surface area contributed by atoms with Gasteiger partial charge in [0.05, 0.1) is 18.1 Å². The highest BCUT2D eigenvalue weighted by Crippen LogP contribution is 2.34. The van der Waals surface area contributed by atoms with Crippen LogP contribution >= 0.6 is 11.6 Å². The minimum absolute atomic E-state index is 0.0952. The van der Waals surface area contributed by atoms with E-state index in [0.717, 1.165) is 11.3 Å². The Morgan fingerprint density at radius 3 is 2.40 bits per heavy atom. The van der Waals surface area contributed by atoms with Gasteiger partial charge in [0.15, 0.2) is 5.76 Å². The molecule has 5 rings (SSSR count). The molecule has 9 nitrogen and oxygen atoms in total. The van der Waals surface area contributed by atoms with E-state index in [4.69, 9.17) is 20.8 Å². The maximum atomic E-state index is 13.0. The van der Waals surface area contributed by atoms with E-state index in [1.165, 1.54) is 0 Å². The molecular weight excluding hydrogens is 472 g/mol. The highest BCUT2D eigenvalue weighted by atomic mass is 35.5. The number of halogens is 1. The molecule has 0 spiro atoms. The Kier molecular flexibility index (Phi) is 6.61. The molecule has 3 heterocycles. The highest BCUT2D eigenvalue weighted by Gasteiger charge is 2.27. The summed E-state index contributed by atoms with van der Waals surface area (Å²) < 4.78 is 11.2. The van der Waals surface area contributed by atoms with Crippen molar-refractivity contribution in [3.05, 3.63) is 75.5 Å². The first-order valence-electron chi connectivity index (χ1n) is 11.5. The molecule has 1 amide bonds. The predicted octanol–water partition coefficient (Wildman–Crippen LogP) is 4.31. The van der Waals surface area contributed by atoms with Crippen molar-refractivity contribution in [1.29, 1.82) is 0 Å². The first-order chi connectivity index (χ1) is 17.0. The van der Waals surface area contributed by atoms with Gasteiger partial charge in [0.1, 0.15) is 11.4 Å². The first kappa shape index (κ1) is 23.2. The predicted molar refractivity (Wildman–Crippen MR) is 133 cm³/mol. The Bertz CT molecular complexity index is 1230. The molecule has 0 aliphatic carbocycles. The lowest BCUT2D eigenvalue weighted by atomic mass is 10.1. The molecule has 0 radical (unpaired) electrons. The number of anilines is 2. The zero-order valence-electron chi connectivity index (χ0n) is 19.1. The fourth-order valence-electron chi connectivity index (χ4n) is 4.49. The van der Waals surface area contributed by atoms with E-state index in [-0.39, 0.29) is 16.5 Å². The van der Waals surface area contributed by atoms with Crippen molar-refractivity contribution in [1.82, 2.24) is 4.90 Å². The Labute approximate surface area is 207 Å². The van der Waals surface area contributed by atoms with Crippen molar-refractivity contribution in [2.75, 3.05) is 62.3 Å². The molecule has 3 aromatic rings. The third-order valence-corrected chi connectivity index (χ3v) is 6.60. The van der Waals surface area contributed by atoms with E-state index < -0.39 is 0 Å². The Morgan fingerprint density at radius 1 is 0.914 bits per heavy atom. The second-order valence-electron chi connectivity index (χ2n) is 8.48. The average Bonchev–Trinajstić information content (AvgIpc) is 3.39. The average molecular weight is 497 g/mol. The fraction of sp³-hybridized carbons (Fsp3) is 0.320. The molecule has 0 unspecified atom stereocenters. The second kappa shape index (κ2) is 9.97. The number of carbonyl (C=O) groups is 1. The number of benzene rings is 2. The minimum Gasteiger partial charge on any atom is -0.451 e. The summed E-state index contributed by atoms with van der Waals surface area (Å²) >= 11 is 6.06. The van der Waals surface area contributed by atoms with Gasteiger partial charge in [-0.3, -0.25) is 14.9 Å². The lowest BCUT2D eigenvalue weighted by Gasteiger charge is -2.36. The van der Waals surface area contributed by atoms with Gasteiger partial charge in [0.2, 0.25) is 0 Å². The van der Waals surface area contributed by atoms with Crippen molar-refractivity contribution in [3.8, 4) is 11.3 Å². The lowest BCUT2D eigenvalue weighted by molar-refractivity contribution is -0.384. The zero-order chi connectivity index (χ0) is 24.4. The van der Waals surface area contributed by atoms with Crippen LogP contribution in [0.15, 0.2) is 59.0 Å². The molecule has 0 saturated carbocycles. The van der Waals surface area contributed by atoms with Gasteiger partial charge in [-0.15, -0.1) is 0 Å². The van der Waals surface area contributed by atoms with Crippen LogP contribution in [-0.2, 0) is 4.74 Å². The molecule has 2 aliphatic rings. The number of nitro groups is 1. The summed E-state index contributed by atoms with van der Waals surface area (Å²) in [5.74, 6) is 0.727. The fourth-order valence-corrected chi connectivity index (χ4v) is 4.68. The number of furan rings is 1. The van der Waals surface area contributed by atoms with Crippen LogP contribution in [0.5, 0.6) is 0 Å². The topological polar surface area (TPSA) is 92.3 Å². The summed E-state index contributed by atoms with van der Waals surface area (Å²) in [6.45, 7) is 4.62. The molecule has 2 fully saturated rings. The number of morpholine rings is 1. The zero-order valence-corrected chi connectivity index (χ0v) is 19.8. The number of rotatable bonds is 5. The van der Waals surface area contributed by atoms with Gasteiger partial charge in [-0.25, -0.2) is 0 Å². The minimum atomic E-state index is -0.341. The molecule has 10 heteroatoms. The van der Waals surface area contributed by atoms with Crippen LogP contribution in [0.4, 0.5) is 17.1 Å². The van der Waals surface area contributed by atoms with Gasteiger partial charge in [0.25, 0.3) is 11.6 Å². The summed E-state index contributed by atoms with van der Waals surface area (Å²) in [5.41, 5.74) is 2.43. The number of nitrogens with zero attached hydrogens (tertiary/aromatic N) is 4. The third kappa shape index (κ3) is 4.96. The van der Waals surface area contributed by atoms with Gasteiger partial charge in [-0.1, -0.05) is 23.7 Å². The summed E-state index contributed by atoms with van der Waals surface area (Å²) in [6, 6.07) is 16.0. The molecule has 1 aromatic heterocycles. The lowest BCUT2D eigenvalue weighted by Crippen LogP contribution is -2.48. The van der Waals surface area contributed by atoms with Crippen molar-refractivity contribution < 1.29 is 18.9 Å². The van der Waals surface area contributed by atoms with Crippen molar-refractivity contribution >= 4 is 34.6 Å². The maximum absolute atomic E-state index is 13.0. The maximum Gasteiger partial charge on any atom is 0.292 e. The van der Waals surface area contributed by atoms with Crippen LogP contribution in [0.3, 0.4) is 0 Å². The number of ether oxygens (including phenoxy) is 1. The molecule has 182 valence electrons. The van der Waals surface area contributed by atoms with Crippen LogP contribution in [0, 0.1) is 10.1 Å². The Morgan fingerprint density at radius 2 is 1.69 bits per heavy atom. The Balaban J connectivity index is 1.26. The summed E-state index contributed by atoms with van der Waals surface area (Å²) in [6.07, 6.45) is 0. The molecule has 2 aromatic carbocycles. The van der Waals surface area contributed by atoms with Crippen molar-refractivity contribution in [3.63, 3.8) is 0 Å². The van der Waals surface area contributed by atoms with Gasteiger partial charge < -0.3 is 23.9 Å². The summed E-state index contributed by atoms with van der Waals surface area (Å²) in [4.78, 5) is 30.2. The molecule has 35 heavy (non-hydrogen) atoms. The normalized spacial score (nSPS) is 16.4. The summed E-state index contributed by atoms with van der Waals surface area (Å²) in [5, 5.41) is 12.2. The van der Waals surface area contributed by atoms with Gasteiger partial charge in [0, 0.05) is 61.6 Å². The smallest absolute Gasteiger partial charge is 0.292 e. The number of nitro benzene ring substituents is 1.